The summed E-state index contributed by atoms with van der Waals surface area (Å²) in [6.07, 6.45) is 7.77. The summed E-state index contributed by atoms with van der Waals surface area (Å²) in [4.78, 5) is 21.2. The van der Waals surface area contributed by atoms with Crippen LogP contribution in [0.4, 0.5) is 5.69 Å². The van der Waals surface area contributed by atoms with Crippen LogP contribution in [0.1, 0.15) is 12.8 Å². The first-order valence-corrected chi connectivity index (χ1v) is 10.9. The van der Waals surface area contributed by atoms with E-state index in [0.29, 0.717) is 37.4 Å². The number of sulfonamides is 1. The van der Waals surface area contributed by atoms with Crippen molar-refractivity contribution in [2.75, 3.05) is 24.7 Å². The first kappa shape index (κ1) is 18.6. The molecule has 2 aromatic heterocycles. The van der Waals surface area contributed by atoms with Gasteiger partial charge in [0, 0.05) is 48.8 Å². The minimum atomic E-state index is -3.19. The standard InChI is InChI=1S/C19H21N5O3S/c1-28(26,27)24-11-7-15(8-12-24)18(25)21-16-5-3-14(4-6-16)17-13-23-10-2-9-20-19(23)22-17/h2-6,9-10,13,15H,7-8,11-12H2,1H3,(H,21,25). The summed E-state index contributed by atoms with van der Waals surface area (Å²) in [6.45, 7) is 0.773. The number of carbonyl (C=O) groups is 1. The number of hydrogen-bond acceptors (Lipinski definition) is 5. The van der Waals surface area contributed by atoms with Gasteiger partial charge in [-0.25, -0.2) is 22.7 Å². The lowest BCUT2D eigenvalue weighted by atomic mass is 9.97. The van der Waals surface area contributed by atoms with E-state index < -0.39 is 10.0 Å². The third kappa shape index (κ3) is 3.90. The van der Waals surface area contributed by atoms with Gasteiger partial charge in [0.1, 0.15) is 0 Å². The Morgan fingerprint density at radius 3 is 2.54 bits per heavy atom. The van der Waals surface area contributed by atoms with Crippen LogP contribution in [-0.4, -0.2) is 52.3 Å². The molecule has 1 amide bonds. The van der Waals surface area contributed by atoms with E-state index in [0.717, 1.165) is 11.3 Å². The second kappa shape index (κ2) is 7.33. The van der Waals surface area contributed by atoms with Crippen molar-refractivity contribution < 1.29 is 13.2 Å². The van der Waals surface area contributed by atoms with Gasteiger partial charge < -0.3 is 5.32 Å². The number of piperidine rings is 1. The van der Waals surface area contributed by atoms with E-state index in [-0.39, 0.29) is 11.8 Å². The lowest BCUT2D eigenvalue weighted by molar-refractivity contribution is -0.120. The van der Waals surface area contributed by atoms with Crippen molar-refractivity contribution in [1.82, 2.24) is 18.7 Å². The fourth-order valence-corrected chi connectivity index (χ4v) is 4.26. The van der Waals surface area contributed by atoms with Crippen LogP contribution >= 0.6 is 0 Å². The molecule has 1 N–H and O–H groups in total. The van der Waals surface area contributed by atoms with Crippen LogP contribution in [0.5, 0.6) is 0 Å². The molecule has 146 valence electrons. The lowest BCUT2D eigenvalue weighted by Gasteiger charge is -2.29. The summed E-state index contributed by atoms with van der Waals surface area (Å²) < 4.78 is 26.4. The molecule has 1 aromatic carbocycles. The number of anilines is 1. The summed E-state index contributed by atoms with van der Waals surface area (Å²) in [7, 11) is -3.19. The number of aromatic nitrogens is 3. The minimum Gasteiger partial charge on any atom is -0.326 e. The van der Waals surface area contributed by atoms with Crippen LogP contribution in [0.25, 0.3) is 17.0 Å². The zero-order chi connectivity index (χ0) is 19.7. The quantitative estimate of drug-likeness (QED) is 0.724. The molecule has 3 heterocycles. The molecule has 0 atom stereocenters. The molecule has 28 heavy (non-hydrogen) atoms. The van der Waals surface area contributed by atoms with Crippen molar-refractivity contribution in [3.05, 3.63) is 48.9 Å². The average molecular weight is 399 g/mol. The average Bonchev–Trinajstić information content (AvgIpc) is 3.12. The number of nitrogens with zero attached hydrogens (tertiary/aromatic N) is 4. The van der Waals surface area contributed by atoms with Gasteiger partial charge in [-0.1, -0.05) is 12.1 Å². The molecule has 0 bridgehead atoms. The van der Waals surface area contributed by atoms with Gasteiger partial charge in [-0.2, -0.15) is 0 Å². The predicted molar refractivity (Wildman–Crippen MR) is 106 cm³/mol. The Balaban J connectivity index is 1.40. The number of benzene rings is 1. The van der Waals surface area contributed by atoms with Crippen molar-refractivity contribution in [3.8, 4) is 11.3 Å². The van der Waals surface area contributed by atoms with Crippen LogP contribution in [0.15, 0.2) is 48.9 Å². The first-order chi connectivity index (χ1) is 13.4. The fraction of sp³-hybridized carbons (Fsp3) is 0.316. The molecular weight excluding hydrogens is 378 g/mol. The molecule has 8 nitrogen and oxygen atoms in total. The van der Waals surface area contributed by atoms with Crippen molar-refractivity contribution in [2.24, 2.45) is 5.92 Å². The highest BCUT2D eigenvalue weighted by Crippen LogP contribution is 2.23. The summed E-state index contributed by atoms with van der Waals surface area (Å²) in [5.74, 6) is 0.385. The normalized spacial score (nSPS) is 16.3. The number of fused-ring (bicyclic) bond motifs is 1. The second-order valence-electron chi connectivity index (χ2n) is 6.96. The van der Waals surface area contributed by atoms with Crippen LogP contribution in [0.3, 0.4) is 0 Å². The fourth-order valence-electron chi connectivity index (χ4n) is 3.39. The van der Waals surface area contributed by atoms with Gasteiger partial charge in [0.2, 0.25) is 21.7 Å². The van der Waals surface area contributed by atoms with Crippen molar-refractivity contribution in [2.45, 2.75) is 12.8 Å². The van der Waals surface area contributed by atoms with E-state index in [4.69, 9.17) is 0 Å². The van der Waals surface area contributed by atoms with Gasteiger partial charge in [0.25, 0.3) is 0 Å². The number of imidazole rings is 1. The van der Waals surface area contributed by atoms with Gasteiger partial charge in [-0.3, -0.25) is 9.20 Å². The SMILES string of the molecule is CS(=O)(=O)N1CCC(C(=O)Nc2ccc(-c3cn4cccnc4n3)cc2)CC1. The number of nitrogens with one attached hydrogen (secondary N) is 1. The monoisotopic (exact) mass is 399 g/mol. The Morgan fingerprint density at radius 1 is 1.18 bits per heavy atom. The van der Waals surface area contributed by atoms with E-state index in [1.807, 2.05) is 47.1 Å². The van der Waals surface area contributed by atoms with Gasteiger partial charge >= 0.3 is 0 Å². The van der Waals surface area contributed by atoms with E-state index >= 15 is 0 Å². The summed E-state index contributed by atoms with van der Waals surface area (Å²) in [5, 5.41) is 2.93. The smallest absolute Gasteiger partial charge is 0.234 e. The molecular formula is C19H21N5O3S. The van der Waals surface area contributed by atoms with Crippen molar-refractivity contribution in [1.29, 1.82) is 0 Å². The predicted octanol–water partition coefficient (Wildman–Crippen LogP) is 2.01. The van der Waals surface area contributed by atoms with Crippen LogP contribution in [-0.2, 0) is 14.8 Å². The molecule has 4 rings (SSSR count). The molecule has 3 aromatic rings. The Bertz CT molecular complexity index is 1070. The maximum atomic E-state index is 12.5. The highest BCUT2D eigenvalue weighted by atomic mass is 32.2. The van der Waals surface area contributed by atoms with E-state index in [1.54, 1.807) is 6.20 Å². The summed E-state index contributed by atoms with van der Waals surface area (Å²) >= 11 is 0. The minimum absolute atomic E-state index is 0.0715. The van der Waals surface area contributed by atoms with Crippen LogP contribution in [0, 0.1) is 5.92 Å². The molecule has 1 fully saturated rings. The van der Waals surface area contributed by atoms with E-state index in [9.17, 15) is 13.2 Å². The Morgan fingerprint density at radius 2 is 1.89 bits per heavy atom. The highest BCUT2D eigenvalue weighted by Gasteiger charge is 2.28. The van der Waals surface area contributed by atoms with Gasteiger partial charge in [-0.15, -0.1) is 0 Å². The number of rotatable bonds is 4. The maximum Gasteiger partial charge on any atom is 0.234 e. The van der Waals surface area contributed by atoms with Gasteiger partial charge in [0.15, 0.2) is 0 Å². The molecule has 0 spiro atoms. The van der Waals surface area contributed by atoms with E-state index in [1.165, 1.54) is 10.6 Å². The second-order valence-corrected chi connectivity index (χ2v) is 8.94. The van der Waals surface area contributed by atoms with Crippen molar-refractivity contribution in [3.63, 3.8) is 0 Å². The summed E-state index contributed by atoms with van der Waals surface area (Å²) in [6, 6.07) is 9.34. The third-order valence-corrected chi connectivity index (χ3v) is 6.28. The molecule has 0 radical (unpaired) electrons. The molecule has 0 unspecified atom stereocenters. The molecule has 0 aliphatic carbocycles. The zero-order valence-electron chi connectivity index (χ0n) is 15.4. The molecule has 0 saturated carbocycles. The zero-order valence-corrected chi connectivity index (χ0v) is 16.3. The number of hydrogen-bond donors (Lipinski definition) is 1. The van der Waals surface area contributed by atoms with Gasteiger partial charge in [0.05, 0.1) is 11.9 Å². The molecule has 9 heteroatoms. The lowest BCUT2D eigenvalue weighted by Crippen LogP contribution is -2.40. The maximum absolute atomic E-state index is 12.5. The molecule has 1 aliphatic rings. The number of amides is 1. The Hall–Kier alpha value is -2.78. The summed E-state index contributed by atoms with van der Waals surface area (Å²) in [5.41, 5.74) is 2.45. The van der Waals surface area contributed by atoms with Crippen molar-refractivity contribution >= 4 is 27.4 Å². The van der Waals surface area contributed by atoms with Crippen LogP contribution < -0.4 is 5.32 Å². The Kier molecular flexibility index (Phi) is 4.86. The largest absolute Gasteiger partial charge is 0.326 e. The van der Waals surface area contributed by atoms with E-state index in [2.05, 4.69) is 15.3 Å². The van der Waals surface area contributed by atoms with Crippen LogP contribution in [0.2, 0.25) is 0 Å². The highest BCUT2D eigenvalue weighted by molar-refractivity contribution is 7.88. The molecule has 1 aliphatic heterocycles. The Labute approximate surface area is 163 Å². The number of carbonyl (C=O) groups excluding carboxylic acids is 1. The molecule has 1 saturated heterocycles. The van der Waals surface area contributed by atoms with Gasteiger partial charge in [-0.05, 0) is 31.0 Å². The third-order valence-electron chi connectivity index (χ3n) is 4.98. The first-order valence-electron chi connectivity index (χ1n) is 9.06. The topological polar surface area (TPSA) is 96.7 Å².